The van der Waals surface area contributed by atoms with E-state index >= 15 is 0 Å². The van der Waals surface area contributed by atoms with Gasteiger partial charge in [-0.05, 0) is 23.8 Å². The Morgan fingerprint density at radius 1 is 1.12 bits per heavy atom. The summed E-state index contributed by atoms with van der Waals surface area (Å²) in [5.74, 6) is 2.45. The lowest BCUT2D eigenvalue weighted by atomic mass is 10.2. The lowest BCUT2D eigenvalue weighted by molar-refractivity contribution is 0.305. The summed E-state index contributed by atoms with van der Waals surface area (Å²) < 4.78 is 18.7. The van der Waals surface area contributed by atoms with Crippen molar-refractivity contribution in [2.75, 3.05) is 0 Å². The second-order valence-electron chi connectivity index (χ2n) is 3.56. The summed E-state index contributed by atoms with van der Waals surface area (Å²) in [4.78, 5) is 0. The molecule has 17 heavy (non-hydrogen) atoms. The van der Waals surface area contributed by atoms with Crippen molar-refractivity contribution in [2.24, 2.45) is 0 Å². The minimum Gasteiger partial charge on any atom is -0.489 e. The standard InChI is InChI=1S/C15H11FO/c1-2-13-10-14(8-9-15(13)16)17-11-12-6-4-3-5-7-12/h1,3-10H,11H2. The molecule has 0 saturated heterocycles. The van der Waals surface area contributed by atoms with Crippen LogP contribution in [-0.4, -0.2) is 0 Å². The predicted molar refractivity (Wildman–Crippen MR) is 65.1 cm³/mol. The van der Waals surface area contributed by atoms with Gasteiger partial charge in [-0.1, -0.05) is 36.3 Å². The average Bonchev–Trinajstić information content (AvgIpc) is 2.39. The topological polar surface area (TPSA) is 9.23 Å². The van der Waals surface area contributed by atoms with Crippen LogP contribution in [0.15, 0.2) is 48.5 Å². The van der Waals surface area contributed by atoms with Crippen molar-refractivity contribution in [1.82, 2.24) is 0 Å². The summed E-state index contributed by atoms with van der Waals surface area (Å²) >= 11 is 0. The molecule has 0 aliphatic heterocycles. The molecule has 0 fully saturated rings. The third-order valence-electron chi connectivity index (χ3n) is 2.34. The first-order valence-electron chi connectivity index (χ1n) is 5.22. The molecule has 84 valence electrons. The molecular weight excluding hydrogens is 215 g/mol. The van der Waals surface area contributed by atoms with E-state index in [4.69, 9.17) is 11.2 Å². The van der Waals surface area contributed by atoms with Crippen LogP contribution >= 0.6 is 0 Å². The minimum absolute atomic E-state index is 0.218. The molecule has 2 aromatic rings. The third kappa shape index (κ3) is 2.85. The monoisotopic (exact) mass is 226 g/mol. The Morgan fingerprint density at radius 3 is 2.59 bits per heavy atom. The van der Waals surface area contributed by atoms with Crippen LogP contribution in [0.5, 0.6) is 5.75 Å². The Kier molecular flexibility index (Phi) is 3.42. The van der Waals surface area contributed by atoms with E-state index in [9.17, 15) is 4.39 Å². The average molecular weight is 226 g/mol. The van der Waals surface area contributed by atoms with Crippen LogP contribution in [0.25, 0.3) is 0 Å². The van der Waals surface area contributed by atoms with Crippen molar-refractivity contribution >= 4 is 0 Å². The molecule has 0 saturated carbocycles. The molecule has 1 nitrogen and oxygen atoms in total. The van der Waals surface area contributed by atoms with Gasteiger partial charge in [0.15, 0.2) is 0 Å². The fraction of sp³-hybridized carbons (Fsp3) is 0.0667. The van der Waals surface area contributed by atoms with Gasteiger partial charge in [-0.2, -0.15) is 0 Å². The quantitative estimate of drug-likeness (QED) is 0.729. The van der Waals surface area contributed by atoms with Crippen molar-refractivity contribution in [3.63, 3.8) is 0 Å². The minimum atomic E-state index is -0.403. The van der Waals surface area contributed by atoms with Crippen LogP contribution in [0.2, 0.25) is 0 Å². The zero-order chi connectivity index (χ0) is 12.1. The zero-order valence-electron chi connectivity index (χ0n) is 9.19. The molecule has 0 unspecified atom stereocenters. The summed E-state index contributed by atoms with van der Waals surface area (Å²) in [6, 6.07) is 14.2. The molecule has 0 atom stereocenters. The Labute approximate surface area is 99.9 Å². The molecule has 2 rings (SSSR count). The molecule has 0 aliphatic rings. The van der Waals surface area contributed by atoms with Crippen molar-refractivity contribution < 1.29 is 9.13 Å². The summed E-state index contributed by atoms with van der Waals surface area (Å²) in [6.45, 7) is 0.441. The third-order valence-corrected chi connectivity index (χ3v) is 2.34. The maximum Gasteiger partial charge on any atom is 0.139 e. The van der Waals surface area contributed by atoms with Gasteiger partial charge in [-0.25, -0.2) is 4.39 Å². The molecule has 0 radical (unpaired) electrons. The maximum absolute atomic E-state index is 13.1. The van der Waals surface area contributed by atoms with Crippen molar-refractivity contribution in [1.29, 1.82) is 0 Å². The molecule has 0 heterocycles. The fourth-order valence-electron chi connectivity index (χ4n) is 1.45. The lowest BCUT2D eigenvalue weighted by Gasteiger charge is -2.06. The van der Waals surface area contributed by atoms with Gasteiger partial charge in [-0.15, -0.1) is 6.42 Å². The second-order valence-corrected chi connectivity index (χ2v) is 3.56. The van der Waals surface area contributed by atoms with Crippen molar-refractivity contribution in [3.8, 4) is 18.1 Å². The maximum atomic E-state index is 13.1. The zero-order valence-corrected chi connectivity index (χ0v) is 9.19. The molecule has 0 amide bonds. The van der Waals surface area contributed by atoms with Gasteiger partial charge in [-0.3, -0.25) is 0 Å². The van der Waals surface area contributed by atoms with Crippen molar-refractivity contribution in [3.05, 3.63) is 65.5 Å². The van der Waals surface area contributed by atoms with E-state index in [0.717, 1.165) is 5.56 Å². The summed E-state index contributed by atoms with van der Waals surface area (Å²) in [5, 5.41) is 0. The van der Waals surface area contributed by atoms with Gasteiger partial charge >= 0.3 is 0 Å². The molecule has 0 spiro atoms. The van der Waals surface area contributed by atoms with E-state index in [1.165, 1.54) is 12.1 Å². The first-order valence-corrected chi connectivity index (χ1v) is 5.22. The van der Waals surface area contributed by atoms with Crippen LogP contribution < -0.4 is 4.74 Å². The molecule has 0 bridgehead atoms. The van der Waals surface area contributed by atoms with E-state index in [1.54, 1.807) is 6.07 Å². The van der Waals surface area contributed by atoms with Gasteiger partial charge < -0.3 is 4.74 Å². The Morgan fingerprint density at radius 2 is 1.88 bits per heavy atom. The number of benzene rings is 2. The Bertz CT molecular complexity index is 541. The smallest absolute Gasteiger partial charge is 0.139 e. The number of hydrogen-bond acceptors (Lipinski definition) is 1. The van der Waals surface area contributed by atoms with Crippen LogP contribution in [0.1, 0.15) is 11.1 Å². The highest BCUT2D eigenvalue weighted by atomic mass is 19.1. The van der Waals surface area contributed by atoms with Gasteiger partial charge in [0.05, 0.1) is 5.56 Å². The van der Waals surface area contributed by atoms with Crippen LogP contribution in [0.3, 0.4) is 0 Å². The van der Waals surface area contributed by atoms with E-state index in [1.807, 2.05) is 30.3 Å². The Balaban J connectivity index is 2.08. The highest BCUT2D eigenvalue weighted by molar-refractivity contribution is 5.39. The molecule has 0 aromatic heterocycles. The first-order chi connectivity index (χ1) is 8.29. The normalized spacial score (nSPS) is 9.65. The van der Waals surface area contributed by atoms with Gasteiger partial charge in [0, 0.05) is 0 Å². The summed E-state index contributed by atoms with van der Waals surface area (Å²) in [7, 11) is 0. The predicted octanol–water partition coefficient (Wildman–Crippen LogP) is 3.39. The van der Waals surface area contributed by atoms with Crippen molar-refractivity contribution in [2.45, 2.75) is 6.61 Å². The largest absolute Gasteiger partial charge is 0.489 e. The molecule has 2 heteroatoms. The summed E-state index contributed by atoms with van der Waals surface area (Å²) in [6.07, 6.45) is 5.18. The number of ether oxygens (including phenoxy) is 1. The lowest BCUT2D eigenvalue weighted by Crippen LogP contribution is -1.96. The number of terminal acetylenes is 1. The molecule has 2 aromatic carbocycles. The first kappa shape index (κ1) is 11.2. The van der Waals surface area contributed by atoms with Gasteiger partial charge in [0.1, 0.15) is 18.2 Å². The molecule has 0 N–H and O–H groups in total. The van der Waals surface area contributed by atoms with E-state index in [2.05, 4.69) is 5.92 Å². The molecular formula is C15H11FO. The van der Waals surface area contributed by atoms with Crippen LogP contribution in [0, 0.1) is 18.2 Å². The SMILES string of the molecule is C#Cc1cc(OCc2ccccc2)ccc1F. The number of halogens is 1. The number of rotatable bonds is 3. The van der Waals surface area contributed by atoms with E-state index in [-0.39, 0.29) is 5.56 Å². The van der Waals surface area contributed by atoms with Gasteiger partial charge in [0.25, 0.3) is 0 Å². The second kappa shape index (κ2) is 5.18. The van der Waals surface area contributed by atoms with Gasteiger partial charge in [0.2, 0.25) is 0 Å². The highest BCUT2D eigenvalue weighted by Gasteiger charge is 2.02. The number of hydrogen-bond donors (Lipinski definition) is 0. The summed E-state index contributed by atoms with van der Waals surface area (Å²) in [5.41, 5.74) is 1.27. The fourth-order valence-corrected chi connectivity index (χ4v) is 1.45. The Hall–Kier alpha value is -2.27. The van der Waals surface area contributed by atoms with E-state index in [0.29, 0.717) is 12.4 Å². The van der Waals surface area contributed by atoms with Crippen LogP contribution in [0.4, 0.5) is 4.39 Å². The molecule has 0 aliphatic carbocycles. The highest BCUT2D eigenvalue weighted by Crippen LogP contribution is 2.17. The van der Waals surface area contributed by atoms with Crippen LogP contribution in [-0.2, 0) is 6.61 Å². The van der Waals surface area contributed by atoms with E-state index < -0.39 is 5.82 Å².